The zero-order valence-electron chi connectivity index (χ0n) is 16.7. The van der Waals surface area contributed by atoms with Crippen LogP contribution in [-0.2, 0) is 0 Å². The van der Waals surface area contributed by atoms with Gasteiger partial charge in [-0.05, 0) is 73.0 Å². The first-order valence-corrected chi connectivity index (χ1v) is 9.14. The summed E-state index contributed by atoms with van der Waals surface area (Å²) >= 11 is 0. The van der Waals surface area contributed by atoms with E-state index in [1.54, 1.807) is 30.3 Å². The summed E-state index contributed by atoms with van der Waals surface area (Å²) in [5.41, 5.74) is 4.09. The van der Waals surface area contributed by atoms with Crippen LogP contribution in [-0.4, -0.2) is 14.9 Å². The molecule has 0 bridgehead atoms. The second kappa shape index (κ2) is 9.16. The minimum atomic E-state index is -0.553. The van der Waals surface area contributed by atoms with E-state index in [2.05, 4.69) is 20.6 Å². The average molecular weight is 411 g/mol. The number of nitro groups is 1. The summed E-state index contributed by atoms with van der Waals surface area (Å²) < 4.78 is 0. The van der Waals surface area contributed by atoms with E-state index in [0.717, 1.165) is 22.9 Å². The van der Waals surface area contributed by atoms with Crippen molar-refractivity contribution in [2.75, 3.05) is 10.6 Å². The maximum Gasteiger partial charge on any atom is 0.329 e. The molecule has 2 N–H and O–H groups in total. The highest BCUT2D eigenvalue weighted by Crippen LogP contribution is 2.31. The Balaban J connectivity index is 1.95. The molecular formula is C22H17N7O2. The maximum absolute atomic E-state index is 11.5. The van der Waals surface area contributed by atoms with Crippen molar-refractivity contribution in [3.8, 4) is 12.1 Å². The van der Waals surface area contributed by atoms with E-state index in [1.165, 1.54) is 6.08 Å². The minimum Gasteiger partial charge on any atom is -0.334 e. The number of allylic oxidation sites excluding steroid dienone is 1. The topological polar surface area (TPSA) is 141 Å². The van der Waals surface area contributed by atoms with Gasteiger partial charge >= 0.3 is 5.69 Å². The van der Waals surface area contributed by atoms with Gasteiger partial charge in [-0.2, -0.15) is 15.5 Å². The molecule has 0 aliphatic heterocycles. The fourth-order valence-electron chi connectivity index (χ4n) is 2.96. The van der Waals surface area contributed by atoms with Crippen LogP contribution < -0.4 is 10.6 Å². The lowest BCUT2D eigenvalue weighted by Crippen LogP contribution is -2.06. The monoisotopic (exact) mass is 411 g/mol. The van der Waals surface area contributed by atoms with E-state index in [0.29, 0.717) is 16.9 Å². The normalized spacial score (nSPS) is 10.3. The van der Waals surface area contributed by atoms with Crippen molar-refractivity contribution in [1.82, 2.24) is 9.97 Å². The summed E-state index contributed by atoms with van der Waals surface area (Å²) in [7, 11) is 0. The lowest BCUT2D eigenvalue weighted by Gasteiger charge is -2.14. The van der Waals surface area contributed by atoms with Gasteiger partial charge in [0, 0.05) is 17.5 Å². The van der Waals surface area contributed by atoms with E-state index < -0.39 is 4.92 Å². The van der Waals surface area contributed by atoms with Crippen LogP contribution in [0.3, 0.4) is 0 Å². The number of nitrogens with zero attached hydrogens (tertiary/aromatic N) is 5. The quantitative estimate of drug-likeness (QED) is 0.331. The van der Waals surface area contributed by atoms with Crippen molar-refractivity contribution in [3.05, 3.63) is 81.0 Å². The first-order valence-electron chi connectivity index (χ1n) is 9.14. The number of hydrogen-bond donors (Lipinski definition) is 2. The number of rotatable bonds is 6. The van der Waals surface area contributed by atoms with Gasteiger partial charge in [0.1, 0.15) is 6.20 Å². The Bertz CT molecular complexity index is 1230. The second-order valence-corrected chi connectivity index (χ2v) is 6.62. The van der Waals surface area contributed by atoms with E-state index in [1.807, 2.05) is 38.1 Å². The number of nitriles is 2. The van der Waals surface area contributed by atoms with Gasteiger partial charge in [-0.15, -0.1) is 0 Å². The zero-order valence-corrected chi connectivity index (χ0v) is 16.7. The Morgan fingerprint density at radius 3 is 2.35 bits per heavy atom. The van der Waals surface area contributed by atoms with Gasteiger partial charge in [0.15, 0.2) is 0 Å². The molecule has 1 aromatic heterocycles. The average Bonchev–Trinajstić information content (AvgIpc) is 2.75. The van der Waals surface area contributed by atoms with Crippen LogP contribution >= 0.6 is 0 Å². The van der Waals surface area contributed by atoms with Crippen LogP contribution in [0.4, 0.5) is 28.8 Å². The van der Waals surface area contributed by atoms with Crippen LogP contribution in [0.25, 0.3) is 6.08 Å². The van der Waals surface area contributed by atoms with Gasteiger partial charge in [-0.1, -0.05) is 0 Å². The van der Waals surface area contributed by atoms with Crippen molar-refractivity contribution in [3.63, 3.8) is 0 Å². The van der Waals surface area contributed by atoms with E-state index in [9.17, 15) is 10.1 Å². The molecule has 0 radical (unpaired) electrons. The first kappa shape index (κ1) is 21.0. The van der Waals surface area contributed by atoms with Gasteiger partial charge in [0.05, 0.1) is 22.6 Å². The number of hydrogen-bond acceptors (Lipinski definition) is 8. The third kappa shape index (κ3) is 5.00. The van der Waals surface area contributed by atoms with Gasteiger partial charge in [-0.3, -0.25) is 10.1 Å². The van der Waals surface area contributed by atoms with E-state index in [4.69, 9.17) is 10.5 Å². The lowest BCUT2D eigenvalue weighted by molar-refractivity contribution is -0.384. The molecule has 3 aromatic rings. The number of aromatic nitrogens is 2. The largest absolute Gasteiger partial charge is 0.334 e. The molecule has 0 aliphatic rings. The molecule has 2 aromatic carbocycles. The Labute approximate surface area is 178 Å². The Kier molecular flexibility index (Phi) is 6.19. The third-order valence-electron chi connectivity index (χ3n) is 4.39. The molecule has 0 spiro atoms. The SMILES string of the molecule is Cc1cc(/C=C/C#N)cc(C)c1Nc1nc(Nc2ccc(C#N)cc2)ncc1[N+](=O)[O-]. The summed E-state index contributed by atoms with van der Waals surface area (Å²) in [6, 6.07) is 14.4. The van der Waals surface area contributed by atoms with Crippen molar-refractivity contribution in [2.45, 2.75) is 13.8 Å². The van der Waals surface area contributed by atoms with Crippen molar-refractivity contribution in [2.24, 2.45) is 0 Å². The number of nitrogens with one attached hydrogen (secondary N) is 2. The molecule has 0 aliphatic carbocycles. The van der Waals surface area contributed by atoms with Gasteiger partial charge in [0.25, 0.3) is 0 Å². The van der Waals surface area contributed by atoms with Crippen LogP contribution in [0.5, 0.6) is 0 Å². The highest BCUT2D eigenvalue weighted by atomic mass is 16.6. The van der Waals surface area contributed by atoms with Crippen LogP contribution in [0, 0.1) is 46.6 Å². The van der Waals surface area contributed by atoms with Crippen molar-refractivity contribution in [1.29, 1.82) is 10.5 Å². The fourth-order valence-corrected chi connectivity index (χ4v) is 2.96. The van der Waals surface area contributed by atoms with Crippen LogP contribution in [0.2, 0.25) is 0 Å². The lowest BCUT2D eigenvalue weighted by atomic mass is 10.0. The minimum absolute atomic E-state index is 0.0441. The van der Waals surface area contributed by atoms with Crippen molar-refractivity contribution < 1.29 is 4.92 Å². The molecule has 152 valence electrons. The summed E-state index contributed by atoms with van der Waals surface area (Å²) in [6.07, 6.45) is 4.21. The number of anilines is 4. The summed E-state index contributed by atoms with van der Waals surface area (Å²) in [4.78, 5) is 19.2. The molecule has 1 heterocycles. The first-order chi connectivity index (χ1) is 14.9. The Hall–Kier alpha value is -4.76. The predicted molar refractivity (Wildman–Crippen MR) is 117 cm³/mol. The standard InChI is InChI=1S/C22H17N7O2/c1-14-10-17(4-3-9-23)11-15(2)20(14)27-21-19(29(30)31)13-25-22(28-21)26-18-7-5-16(12-24)6-8-18/h3-8,10-11,13H,1-2H3,(H2,25,26,27,28)/b4-3+. The molecule has 31 heavy (non-hydrogen) atoms. The molecule has 3 rings (SSSR count). The van der Waals surface area contributed by atoms with Gasteiger partial charge < -0.3 is 10.6 Å². The number of benzene rings is 2. The van der Waals surface area contributed by atoms with Crippen LogP contribution in [0.1, 0.15) is 22.3 Å². The van der Waals surface area contributed by atoms with Crippen molar-refractivity contribution >= 4 is 34.9 Å². The molecule has 0 saturated carbocycles. The molecule has 9 nitrogen and oxygen atoms in total. The summed E-state index contributed by atoms with van der Waals surface area (Å²) in [6.45, 7) is 3.73. The van der Waals surface area contributed by atoms with E-state index >= 15 is 0 Å². The molecule has 0 amide bonds. The summed E-state index contributed by atoms with van der Waals surface area (Å²) in [5.74, 6) is 0.212. The summed E-state index contributed by atoms with van der Waals surface area (Å²) in [5, 5.41) is 35.1. The zero-order chi connectivity index (χ0) is 22.4. The van der Waals surface area contributed by atoms with Gasteiger partial charge in [0.2, 0.25) is 11.8 Å². The molecule has 0 fully saturated rings. The van der Waals surface area contributed by atoms with Crippen LogP contribution in [0.15, 0.2) is 48.7 Å². The molecular weight excluding hydrogens is 394 g/mol. The Morgan fingerprint density at radius 1 is 1.10 bits per heavy atom. The number of aryl methyl sites for hydroxylation is 2. The fraction of sp³-hybridized carbons (Fsp3) is 0.0909. The van der Waals surface area contributed by atoms with Gasteiger partial charge in [-0.25, -0.2) is 4.98 Å². The molecule has 0 atom stereocenters. The smallest absolute Gasteiger partial charge is 0.329 e. The maximum atomic E-state index is 11.5. The van der Waals surface area contributed by atoms with E-state index in [-0.39, 0.29) is 17.5 Å². The Morgan fingerprint density at radius 2 is 1.77 bits per heavy atom. The highest BCUT2D eigenvalue weighted by molar-refractivity contribution is 5.73. The predicted octanol–water partition coefficient (Wildman–Crippen LogP) is 4.90. The molecule has 0 unspecified atom stereocenters. The molecule has 0 saturated heterocycles. The highest BCUT2D eigenvalue weighted by Gasteiger charge is 2.19. The molecule has 9 heteroatoms. The second-order valence-electron chi connectivity index (χ2n) is 6.62. The third-order valence-corrected chi connectivity index (χ3v) is 4.39.